The Kier molecular flexibility index (Phi) is 2.81. The second kappa shape index (κ2) is 3.94. The Bertz CT molecular complexity index is 466. The minimum atomic E-state index is -4.50. The summed E-state index contributed by atoms with van der Waals surface area (Å²) in [7, 11) is 0. The van der Waals surface area contributed by atoms with Crippen molar-refractivity contribution in [1.29, 1.82) is 0 Å². The monoisotopic (exact) mass is 260 g/mol. The van der Waals surface area contributed by atoms with Gasteiger partial charge >= 0.3 is 12.1 Å². The van der Waals surface area contributed by atoms with Crippen molar-refractivity contribution in [2.75, 3.05) is 0 Å². The summed E-state index contributed by atoms with van der Waals surface area (Å²) in [6.45, 7) is 0. The van der Waals surface area contributed by atoms with Gasteiger partial charge in [-0.1, -0.05) is 6.07 Å². The van der Waals surface area contributed by atoms with Crippen molar-refractivity contribution in [3.8, 4) is 0 Å². The second-order valence-electron chi connectivity index (χ2n) is 4.40. The Balaban J connectivity index is 2.28. The van der Waals surface area contributed by atoms with Crippen LogP contribution in [-0.2, 0) is 16.4 Å². The Morgan fingerprint density at radius 1 is 1.44 bits per heavy atom. The van der Waals surface area contributed by atoms with Gasteiger partial charge in [-0.2, -0.15) is 13.2 Å². The van der Waals surface area contributed by atoms with Gasteiger partial charge in [0.2, 0.25) is 0 Å². The van der Waals surface area contributed by atoms with Gasteiger partial charge in [-0.25, -0.2) is 0 Å². The van der Waals surface area contributed by atoms with Gasteiger partial charge in [0, 0.05) is 11.6 Å². The summed E-state index contributed by atoms with van der Waals surface area (Å²) in [5.74, 6) is -1.16. The van der Waals surface area contributed by atoms with Crippen LogP contribution in [0.4, 0.5) is 13.2 Å². The number of alkyl halides is 3. The largest absolute Gasteiger partial charge is 0.480 e. The van der Waals surface area contributed by atoms with Crippen molar-refractivity contribution in [1.82, 2.24) is 4.98 Å². The molecule has 1 fully saturated rings. The molecule has 4 nitrogen and oxygen atoms in total. The van der Waals surface area contributed by atoms with Crippen LogP contribution in [-0.4, -0.2) is 22.1 Å². The van der Waals surface area contributed by atoms with Crippen LogP contribution in [0.15, 0.2) is 18.3 Å². The molecule has 1 aliphatic carbocycles. The minimum absolute atomic E-state index is 0.449. The van der Waals surface area contributed by atoms with Gasteiger partial charge in [-0.05, 0) is 24.5 Å². The maximum Gasteiger partial charge on any atom is 0.433 e. The summed E-state index contributed by atoms with van der Waals surface area (Å²) in [6.07, 6.45) is -2.33. The SMILES string of the molecule is NC(C(=O)O)C1(c2ccc(C(F)(F)F)nc2)CC1. The van der Waals surface area contributed by atoms with Crippen LogP contribution in [0.25, 0.3) is 0 Å². The molecule has 0 bridgehead atoms. The third-order valence-corrected chi connectivity index (χ3v) is 3.28. The first kappa shape index (κ1) is 12.8. The lowest BCUT2D eigenvalue weighted by Gasteiger charge is -2.20. The van der Waals surface area contributed by atoms with Crippen molar-refractivity contribution in [2.45, 2.75) is 30.5 Å². The molecule has 0 amide bonds. The van der Waals surface area contributed by atoms with Gasteiger partial charge in [0.25, 0.3) is 0 Å². The topological polar surface area (TPSA) is 76.2 Å². The standard InChI is InChI=1S/C11H11F3N2O2/c12-11(13,14)7-2-1-6(5-16-7)10(3-4-10)8(15)9(17)18/h1-2,5,8H,3-4,15H2,(H,17,18). The lowest BCUT2D eigenvalue weighted by molar-refractivity contribution is -0.141. The third kappa shape index (κ3) is 2.05. The highest BCUT2D eigenvalue weighted by atomic mass is 19.4. The maximum absolute atomic E-state index is 12.3. The molecule has 98 valence electrons. The molecule has 0 aromatic carbocycles. The maximum atomic E-state index is 12.3. The zero-order chi connectivity index (χ0) is 13.6. The van der Waals surface area contributed by atoms with Crippen LogP contribution in [0, 0.1) is 0 Å². The molecule has 2 rings (SSSR count). The van der Waals surface area contributed by atoms with Crippen molar-refractivity contribution in [3.05, 3.63) is 29.6 Å². The summed E-state index contributed by atoms with van der Waals surface area (Å²) >= 11 is 0. The molecule has 0 saturated heterocycles. The highest BCUT2D eigenvalue weighted by Crippen LogP contribution is 2.50. The van der Waals surface area contributed by atoms with E-state index in [-0.39, 0.29) is 0 Å². The van der Waals surface area contributed by atoms with Crippen molar-refractivity contribution >= 4 is 5.97 Å². The van der Waals surface area contributed by atoms with E-state index in [4.69, 9.17) is 10.8 Å². The lowest BCUT2D eigenvalue weighted by Crippen LogP contribution is -2.42. The van der Waals surface area contributed by atoms with E-state index in [0.29, 0.717) is 18.4 Å². The predicted molar refractivity (Wildman–Crippen MR) is 55.8 cm³/mol. The second-order valence-corrected chi connectivity index (χ2v) is 4.40. The van der Waals surface area contributed by atoms with E-state index >= 15 is 0 Å². The minimum Gasteiger partial charge on any atom is -0.480 e. The molecule has 7 heteroatoms. The number of hydrogen-bond donors (Lipinski definition) is 2. The Labute approximate surface area is 101 Å². The lowest BCUT2D eigenvalue weighted by atomic mass is 9.89. The van der Waals surface area contributed by atoms with Crippen LogP contribution in [0.3, 0.4) is 0 Å². The number of nitrogens with two attached hydrogens (primary N) is 1. The third-order valence-electron chi connectivity index (χ3n) is 3.28. The van der Waals surface area contributed by atoms with Crippen molar-refractivity contribution < 1.29 is 23.1 Å². The molecule has 3 N–H and O–H groups in total. The highest BCUT2D eigenvalue weighted by Gasteiger charge is 2.52. The van der Waals surface area contributed by atoms with E-state index in [0.717, 1.165) is 12.3 Å². The molecule has 0 aliphatic heterocycles. The van der Waals surface area contributed by atoms with Gasteiger partial charge in [-0.15, -0.1) is 0 Å². The molecule has 18 heavy (non-hydrogen) atoms. The molecule has 1 atom stereocenters. The number of halogens is 3. The molecule has 1 saturated carbocycles. The van der Waals surface area contributed by atoms with E-state index < -0.39 is 29.3 Å². The first-order chi connectivity index (χ1) is 8.27. The normalized spacial score (nSPS) is 19.3. The van der Waals surface area contributed by atoms with Gasteiger partial charge in [-0.3, -0.25) is 9.78 Å². The zero-order valence-corrected chi connectivity index (χ0v) is 9.24. The van der Waals surface area contributed by atoms with Crippen LogP contribution >= 0.6 is 0 Å². The summed E-state index contributed by atoms with van der Waals surface area (Å²) in [6, 6.07) is 0.992. The Morgan fingerprint density at radius 2 is 2.06 bits per heavy atom. The molecule has 0 radical (unpaired) electrons. The fraction of sp³-hybridized carbons (Fsp3) is 0.455. The highest BCUT2D eigenvalue weighted by molar-refractivity contribution is 5.76. The molecule has 1 aliphatic rings. The van der Waals surface area contributed by atoms with Gasteiger partial charge < -0.3 is 10.8 Å². The van der Waals surface area contributed by atoms with E-state index in [1.54, 1.807) is 0 Å². The van der Waals surface area contributed by atoms with E-state index in [1.807, 2.05) is 0 Å². The average molecular weight is 260 g/mol. The summed E-state index contributed by atoms with van der Waals surface area (Å²) in [5, 5.41) is 8.88. The van der Waals surface area contributed by atoms with E-state index in [9.17, 15) is 18.0 Å². The Hall–Kier alpha value is -1.63. The number of carboxylic acid groups (broad SMARTS) is 1. The zero-order valence-electron chi connectivity index (χ0n) is 9.24. The quantitative estimate of drug-likeness (QED) is 0.864. The number of rotatable bonds is 3. The predicted octanol–water partition coefficient (Wildman–Crippen LogP) is 1.54. The molecule has 1 heterocycles. The van der Waals surface area contributed by atoms with Crippen molar-refractivity contribution in [3.63, 3.8) is 0 Å². The van der Waals surface area contributed by atoms with Gasteiger partial charge in [0.15, 0.2) is 0 Å². The number of aromatic nitrogens is 1. The summed E-state index contributed by atoms with van der Waals surface area (Å²) < 4.78 is 37.0. The van der Waals surface area contributed by atoms with Crippen LogP contribution in [0.2, 0.25) is 0 Å². The number of carboxylic acids is 1. The number of nitrogens with zero attached hydrogens (tertiary/aromatic N) is 1. The fourth-order valence-electron chi connectivity index (χ4n) is 2.01. The van der Waals surface area contributed by atoms with Crippen LogP contribution in [0.1, 0.15) is 24.1 Å². The first-order valence-electron chi connectivity index (χ1n) is 5.29. The number of pyridine rings is 1. The molecule has 1 unspecified atom stereocenters. The van der Waals surface area contributed by atoms with E-state index in [2.05, 4.69) is 4.98 Å². The molecule has 1 aromatic rings. The summed E-state index contributed by atoms with van der Waals surface area (Å²) in [4.78, 5) is 14.2. The number of hydrogen-bond acceptors (Lipinski definition) is 3. The molecule has 0 spiro atoms. The molecule has 1 aromatic heterocycles. The van der Waals surface area contributed by atoms with Crippen LogP contribution in [0.5, 0.6) is 0 Å². The molecular weight excluding hydrogens is 249 g/mol. The number of carbonyl (C=O) groups is 1. The summed E-state index contributed by atoms with van der Waals surface area (Å²) in [5.41, 5.74) is 4.26. The Morgan fingerprint density at radius 3 is 2.39 bits per heavy atom. The van der Waals surface area contributed by atoms with Gasteiger partial charge in [0.1, 0.15) is 11.7 Å². The van der Waals surface area contributed by atoms with Gasteiger partial charge in [0.05, 0.1) is 0 Å². The average Bonchev–Trinajstić information content (AvgIpc) is 3.08. The first-order valence-corrected chi connectivity index (χ1v) is 5.29. The van der Waals surface area contributed by atoms with E-state index in [1.165, 1.54) is 6.07 Å². The fourth-order valence-corrected chi connectivity index (χ4v) is 2.01. The number of aliphatic carboxylic acids is 1. The molecular formula is C11H11F3N2O2. The van der Waals surface area contributed by atoms with Crippen LogP contribution < -0.4 is 5.73 Å². The smallest absolute Gasteiger partial charge is 0.433 e. The van der Waals surface area contributed by atoms with Crippen molar-refractivity contribution in [2.24, 2.45) is 5.73 Å².